The smallest absolute Gasteiger partial charge is 0.140 e. The number of rotatable bonds is 5. The van der Waals surface area contributed by atoms with E-state index in [9.17, 15) is 0 Å². The summed E-state index contributed by atoms with van der Waals surface area (Å²) in [5.74, 6) is 1.63. The van der Waals surface area contributed by atoms with E-state index in [1.807, 2.05) is 6.92 Å². The molecule has 3 heterocycles. The fourth-order valence-electron chi connectivity index (χ4n) is 4.29. The second-order valence-corrected chi connectivity index (χ2v) is 9.07. The minimum atomic E-state index is 0.619. The van der Waals surface area contributed by atoms with Gasteiger partial charge in [-0.1, -0.05) is 57.9 Å². The van der Waals surface area contributed by atoms with Crippen LogP contribution in [0.2, 0.25) is 0 Å². The number of amidine groups is 1. The zero-order chi connectivity index (χ0) is 23.8. The van der Waals surface area contributed by atoms with Crippen molar-refractivity contribution in [3.05, 3.63) is 76.2 Å². The first kappa shape index (κ1) is 24.9. The van der Waals surface area contributed by atoms with Crippen LogP contribution in [0.25, 0.3) is 5.70 Å². The summed E-state index contributed by atoms with van der Waals surface area (Å²) in [6, 6.07) is 6.25. The van der Waals surface area contributed by atoms with Gasteiger partial charge in [-0.25, -0.2) is 4.99 Å². The molecule has 0 aromatic heterocycles. The van der Waals surface area contributed by atoms with E-state index in [1.165, 1.54) is 48.7 Å². The third-order valence-corrected chi connectivity index (χ3v) is 6.49. The van der Waals surface area contributed by atoms with Crippen LogP contribution < -0.4 is 5.32 Å². The third-order valence-electron chi connectivity index (χ3n) is 6.49. The van der Waals surface area contributed by atoms with Gasteiger partial charge in [0.1, 0.15) is 5.84 Å². The molecule has 0 atom stereocenters. The van der Waals surface area contributed by atoms with E-state index in [4.69, 9.17) is 10.4 Å². The van der Waals surface area contributed by atoms with E-state index < -0.39 is 0 Å². The molecular weight excluding hydrogens is 404 g/mol. The molecule has 1 fully saturated rings. The van der Waals surface area contributed by atoms with Crippen LogP contribution in [0, 0.1) is 18.3 Å². The molecule has 3 aliphatic rings. The largest absolute Gasteiger partial charge is 0.317 e. The van der Waals surface area contributed by atoms with E-state index >= 15 is 0 Å². The van der Waals surface area contributed by atoms with Gasteiger partial charge in [0.2, 0.25) is 0 Å². The zero-order valence-electron chi connectivity index (χ0n) is 21.0. The quantitative estimate of drug-likeness (QED) is 0.481. The molecule has 4 nitrogen and oxygen atoms in total. The van der Waals surface area contributed by atoms with Crippen molar-refractivity contribution < 1.29 is 0 Å². The Morgan fingerprint density at radius 2 is 1.82 bits per heavy atom. The van der Waals surface area contributed by atoms with Gasteiger partial charge < -0.3 is 15.6 Å². The van der Waals surface area contributed by atoms with Crippen LogP contribution in [0.3, 0.4) is 0 Å². The maximum Gasteiger partial charge on any atom is 0.140 e. The molecule has 33 heavy (non-hydrogen) atoms. The van der Waals surface area contributed by atoms with Gasteiger partial charge in [-0.15, -0.1) is 0 Å². The topological polar surface area (TPSA) is 51.5 Å². The molecule has 0 amide bonds. The molecule has 176 valence electrons. The standard InChI is InChI=1S/C25H30N4.C4H10/c1-4-5-23-14-24(20-7-6-17(2)21(13-20)15-26)28-25-18(3)12-22(16-29(23)25)19-8-10-27-11-9-19;1-3-4-2/h5-7,12-16,19,26-27H,4,8-11H2,1-3H3;3-4H2,1-2H3/b23-5-,26-15?;. The second kappa shape index (κ2) is 11.9. The highest BCUT2D eigenvalue weighted by Crippen LogP contribution is 2.34. The van der Waals surface area contributed by atoms with Crippen LogP contribution in [0.15, 0.2) is 64.5 Å². The van der Waals surface area contributed by atoms with E-state index in [-0.39, 0.29) is 0 Å². The summed E-state index contributed by atoms with van der Waals surface area (Å²) in [6.45, 7) is 12.9. The highest BCUT2D eigenvalue weighted by molar-refractivity contribution is 6.06. The van der Waals surface area contributed by atoms with E-state index in [0.717, 1.165) is 47.7 Å². The lowest BCUT2D eigenvalue weighted by molar-refractivity contribution is 0.420. The molecule has 0 aliphatic carbocycles. The first-order chi connectivity index (χ1) is 16.0. The molecule has 0 unspecified atom stereocenters. The second-order valence-electron chi connectivity index (χ2n) is 9.07. The number of allylic oxidation sites excluding steroid dienone is 4. The Kier molecular flexibility index (Phi) is 9.02. The Bertz CT molecular complexity index is 998. The lowest BCUT2D eigenvalue weighted by Gasteiger charge is -2.34. The van der Waals surface area contributed by atoms with Gasteiger partial charge in [0.05, 0.1) is 5.70 Å². The van der Waals surface area contributed by atoms with Gasteiger partial charge in [-0.3, -0.25) is 0 Å². The Morgan fingerprint density at radius 1 is 1.09 bits per heavy atom. The van der Waals surface area contributed by atoms with E-state index in [2.05, 4.69) is 80.5 Å². The number of fused-ring (bicyclic) bond motifs is 1. The molecule has 4 heteroatoms. The molecule has 3 aliphatic heterocycles. The lowest BCUT2D eigenvalue weighted by Crippen LogP contribution is -2.34. The summed E-state index contributed by atoms with van der Waals surface area (Å²) < 4.78 is 0. The molecule has 2 N–H and O–H groups in total. The van der Waals surface area contributed by atoms with Gasteiger partial charge in [0.15, 0.2) is 0 Å². The van der Waals surface area contributed by atoms with Crippen LogP contribution in [-0.4, -0.2) is 30.0 Å². The van der Waals surface area contributed by atoms with Crippen molar-refractivity contribution in [3.8, 4) is 0 Å². The van der Waals surface area contributed by atoms with Gasteiger partial charge in [-0.05, 0) is 86.5 Å². The molecule has 0 bridgehead atoms. The van der Waals surface area contributed by atoms with Crippen molar-refractivity contribution in [1.82, 2.24) is 10.2 Å². The summed E-state index contributed by atoms with van der Waals surface area (Å²) in [4.78, 5) is 7.30. The summed E-state index contributed by atoms with van der Waals surface area (Å²) in [6.07, 6.45) is 16.5. The number of benzene rings is 1. The SMILES string of the molecule is CC/C=C1/C=C(c2ccc(C)c(C=N)c2)N=C2C(C)=CC(C3CCNCC3)=CN21.CCCC. The van der Waals surface area contributed by atoms with Crippen molar-refractivity contribution >= 4 is 17.7 Å². The van der Waals surface area contributed by atoms with E-state index in [1.54, 1.807) is 0 Å². The fourth-order valence-corrected chi connectivity index (χ4v) is 4.29. The minimum Gasteiger partial charge on any atom is -0.317 e. The maximum absolute atomic E-state index is 7.68. The number of piperidine rings is 1. The number of unbranched alkanes of at least 4 members (excludes halogenated alkanes) is 1. The first-order valence-electron chi connectivity index (χ1n) is 12.5. The monoisotopic (exact) mass is 444 g/mol. The Morgan fingerprint density at radius 3 is 2.45 bits per heavy atom. The molecule has 0 radical (unpaired) electrons. The van der Waals surface area contributed by atoms with Crippen molar-refractivity contribution in [2.75, 3.05) is 13.1 Å². The normalized spacial score (nSPS) is 19.5. The van der Waals surface area contributed by atoms with Crippen LogP contribution in [0.5, 0.6) is 0 Å². The first-order valence-corrected chi connectivity index (χ1v) is 12.5. The predicted octanol–water partition coefficient (Wildman–Crippen LogP) is 6.99. The molecule has 1 aromatic carbocycles. The van der Waals surface area contributed by atoms with Crippen molar-refractivity contribution in [2.45, 2.75) is 66.7 Å². The average Bonchev–Trinajstić information content (AvgIpc) is 2.85. The average molecular weight is 445 g/mol. The van der Waals surface area contributed by atoms with Crippen LogP contribution >= 0.6 is 0 Å². The van der Waals surface area contributed by atoms with Crippen molar-refractivity contribution in [1.29, 1.82) is 5.41 Å². The summed E-state index contributed by atoms with van der Waals surface area (Å²) in [7, 11) is 0. The molecular formula is C29H40N4. The maximum atomic E-state index is 7.68. The van der Waals surface area contributed by atoms with Crippen molar-refractivity contribution in [2.24, 2.45) is 10.9 Å². The Hall–Kier alpha value is -2.72. The van der Waals surface area contributed by atoms with Gasteiger partial charge in [0, 0.05) is 23.7 Å². The van der Waals surface area contributed by atoms with Crippen LogP contribution in [0.4, 0.5) is 0 Å². The predicted molar refractivity (Wildman–Crippen MR) is 143 cm³/mol. The number of aliphatic imine (C=N–C) groups is 1. The van der Waals surface area contributed by atoms with Gasteiger partial charge in [0.25, 0.3) is 0 Å². The number of hydrogen-bond donors (Lipinski definition) is 2. The summed E-state index contributed by atoms with van der Waals surface area (Å²) in [5, 5.41) is 11.1. The Balaban J connectivity index is 0.000000709. The third kappa shape index (κ3) is 6.00. The zero-order valence-corrected chi connectivity index (χ0v) is 21.0. The molecule has 4 rings (SSSR count). The highest BCUT2D eigenvalue weighted by atomic mass is 15.2. The number of nitrogens with one attached hydrogen (secondary N) is 2. The summed E-state index contributed by atoms with van der Waals surface area (Å²) in [5.41, 5.74) is 7.90. The van der Waals surface area contributed by atoms with Crippen LogP contribution in [0.1, 0.15) is 76.5 Å². The van der Waals surface area contributed by atoms with Gasteiger partial charge in [-0.2, -0.15) is 0 Å². The molecule has 1 aromatic rings. The highest BCUT2D eigenvalue weighted by Gasteiger charge is 2.27. The Labute approximate surface area is 200 Å². The van der Waals surface area contributed by atoms with Crippen LogP contribution in [-0.2, 0) is 0 Å². The summed E-state index contributed by atoms with van der Waals surface area (Å²) >= 11 is 0. The number of nitrogens with zero attached hydrogens (tertiary/aromatic N) is 2. The molecule has 1 saturated heterocycles. The number of aryl methyl sites for hydroxylation is 1. The fraction of sp³-hybridized carbons (Fsp3) is 0.448. The molecule has 0 saturated carbocycles. The molecule has 0 spiro atoms. The lowest BCUT2D eigenvalue weighted by atomic mass is 9.87. The van der Waals surface area contributed by atoms with Gasteiger partial charge >= 0.3 is 0 Å². The number of hydrogen-bond acceptors (Lipinski definition) is 4. The van der Waals surface area contributed by atoms with E-state index in [0.29, 0.717) is 5.92 Å². The minimum absolute atomic E-state index is 0.619. The van der Waals surface area contributed by atoms with Crippen molar-refractivity contribution in [3.63, 3.8) is 0 Å².